The Morgan fingerprint density at radius 3 is 2.74 bits per heavy atom. The van der Waals surface area contributed by atoms with E-state index in [1.165, 1.54) is 0 Å². The fraction of sp³-hybridized carbons (Fsp3) is 0.579. The van der Waals surface area contributed by atoms with Crippen LogP contribution in [-0.4, -0.2) is 50.0 Å². The first kappa shape index (κ1) is 18.1. The van der Waals surface area contributed by atoms with Gasteiger partial charge in [-0.1, -0.05) is 24.6 Å². The Kier molecular flexibility index (Phi) is 4.69. The SMILES string of the molecule is Cc1ccccc1-n1nnnc1C1([NH+]2CC(O)CC2C(=O)[O-])CCCCC1. The molecule has 8 heteroatoms. The van der Waals surface area contributed by atoms with Crippen molar-refractivity contribution in [2.45, 2.75) is 63.1 Å². The van der Waals surface area contributed by atoms with Crippen LogP contribution in [0.4, 0.5) is 0 Å². The fourth-order valence-corrected chi connectivity index (χ4v) is 4.95. The Morgan fingerprint density at radius 2 is 2.04 bits per heavy atom. The van der Waals surface area contributed by atoms with E-state index in [9.17, 15) is 15.0 Å². The molecule has 1 saturated heterocycles. The molecular weight excluding hydrogens is 346 g/mol. The minimum Gasteiger partial charge on any atom is -0.544 e. The molecule has 27 heavy (non-hydrogen) atoms. The molecule has 0 spiro atoms. The van der Waals surface area contributed by atoms with Gasteiger partial charge in [0.15, 0.2) is 5.54 Å². The van der Waals surface area contributed by atoms with Gasteiger partial charge < -0.3 is 19.9 Å². The standard InChI is InChI=1S/C19H25N5O3/c1-13-7-3-4-8-15(13)24-18(20-21-22-24)19(9-5-2-6-10-19)23-12-14(25)11-16(23)17(26)27/h3-4,7-8,14,16,25H,2,5-6,9-12H2,1H3,(H,26,27). The van der Waals surface area contributed by atoms with E-state index < -0.39 is 23.7 Å². The number of carboxylic acid groups (broad SMARTS) is 1. The normalized spacial score (nSPS) is 27.6. The summed E-state index contributed by atoms with van der Waals surface area (Å²) in [7, 11) is 0. The number of likely N-dealkylation sites (tertiary alicyclic amines) is 1. The zero-order valence-electron chi connectivity index (χ0n) is 15.5. The van der Waals surface area contributed by atoms with Gasteiger partial charge in [-0.3, -0.25) is 0 Å². The predicted octanol–water partition coefficient (Wildman–Crippen LogP) is -1.10. The number of carbonyl (C=O) groups excluding carboxylic acids is 1. The molecular formula is C19H25N5O3. The molecule has 3 unspecified atom stereocenters. The molecule has 2 heterocycles. The maximum Gasteiger partial charge on any atom is 0.217 e. The van der Waals surface area contributed by atoms with Crippen molar-refractivity contribution in [1.29, 1.82) is 0 Å². The van der Waals surface area contributed by atoms with Gasteiger partial charge in [-0.2, -0.15) is 4.68 Å². The summed E-state index contributed by atoms with van der Waals surface area (Å²) in [5, 5.41) is 34.6. The number of carbonyl (C=O) groups is 1. The monoisotopic (exact) mass is 371 g/mol. The van der Waals surface area contributed by atoms with Crippen molar-refractivity contribution < 1.29 is 19.9 Å². The molecule has 144 valence electrons. The highest BCUT2D eigenvalue weighted by Gasteiger charge is 2.54. The second-order valence-electron chi connectivity index (χ2n) is 7.83. The zero-order chi connectivity index (χ0) is 19.0. The molecule has 1 saturated carbocycles. The first-order valence-electron chi connectivity index (χ1n) is 9.63. The molecule has 2 aliphatic rings. The maximum atomic E-state index is 11.8. The fourth-order valence-electron chi connectivity index (χ4n) is 4.95. The van der Waals surface area contributed by atoms with Crippen LogP contribution in [0.25, 0.3) is 5.69 Å². The summed E-state index contributed by atoms with van der Waals surface area (Å²) >= 11 is 0. The highest BCUT2D eigenvalue weighted by atomic mass is 16.4. The predicted molar refractivity (Wildman–Crippen MR) is 93.9 cm³/mol. The van der Waals surface area contributed by atoms with Gasteiger partial charge in [0, 0.05) is 19.3 Å². The van der Waals surface area contributed by atoms with Crippen LogP contribution in [0.15, 0.2) is 24.3 Å². The van der Waals surface area contributed by atoms with Gasteiger partial charge in [0.1, 0.15) is 18.7 Å². The number of tetrazole rings is 1. The third kappa shape index (κ3) is 3.02. The molecule has 8 nitrogen and oxygen atoms in total. The largest absolute Gasteiger partial charge is 0.544 e. The van der Waals surface area contributed by atoms with E-state index in [0.29, 0.717) is 12.4 Å². The van der Waals surface area contributed by atoms with Crippen molar-refractivity contribution in [3.05, 3.63) is 35.7 Å². The van der Waals surface area contributed by atoms with Gasteiger partial charge in [-0.15, -0.1) is 5.10 Å². The number of aliphatic hydroxyl groups excluding tert-OH is 1. The van der Waals surface area contributed by atoms with Gasteiger partial charge in [0.25, 0.3) is 0 Å². The van der Waals surface area contributed by atoms with Gasteiger partial charge in [0.05, 0.1) is 11.7 Å². The smallest absolute Gasteiger partial charge is 0.217 e. The molecule has 0 radical (unpaired) electrons. The molecule has 2 N–H and O–H groups in total. The van der Waals surface area contributed by atoms with Crippen molar-refractivity contribution in [2.75, 3.05) is 6.54 Å². The summed E-state index contributed by atoms with van der Waals surface area (Å²) in [6.07, 6.45) is 4.24. The lowest BCUT2D eigenvalue weighted by Gasteiger charge is -2.43. The number of quaternary nitrogens is 1. The van der Waals surface area contributed by atoms with E-state index in [1.54, 1.807) is 4.68 Å². The van der Waals surface area contributed by atoms with Crippen LogP contribution < -0.4 is 10.0 Å². The van der Waals surface area contributed by atoms with Crippen molar-refractivity contribution in [3.63, 3.8) is 0 Å². The Bertz CT molecular complexity index is 830. The number of hydrogen-bond donors (Lipinski definition) is 2. The minimum atomic E-state index is -1.11. The van der Waals surface area contributed by atoms with Gasteiger partial charge in [-0.25, -0.2) is 0 Å². The summed E-state index contributed by atoms with van der Waals surface area (Å²) in [6, 6.07) is 7.13. The topological polar surface area (TPSA) is 108 Å². The Morgan fingerprint density at radius 1 is 1.30 bits per heavy atom. The van der Waals surface area contributed by atoms with E-state index in [1.807, 2.05) is 31.2 Å². The summed E-state index contributed by atoms with van der Waals surface area (Å²) in [6.45, 7) is 2.38. The number of para-hydroxylation sites is 1. The highest BCUT2D eigenvalue weighted by Crippen LogP contribution is 2.35. The second kappa shape index (κ2) is 7.01. The highest BCUT2D eigenvalue weighted by molar-refractivity contribution is 5.69. The average Bonchev–Trinajstić information content (AvgIpc) is 3.30. The number of nitrogens with one attached hydrogen (secondary N) is 1. The number of carboxylic acids is 1. The Balaban J connectivity index is 1.84. The van der Waals surface area contributed by atoms with E-state index in [0.717, 1.165) is 48.3 Å². The third-order valence-electron chi connectivity index (χ3n) is 6.23. The Labute approximate surface area is 157 Å². The number of hydrogen-bond acceptors (Lipinski definition) is 6. The van der Waals surface area contributed by atoms with E-state index >= 15 is 0 Å². The first-order chi connectivity index (χ1) is 13.0. The molecule has 2 aromatic rings. The van der Waals surface area contributed by atoms with Crippen LogP contribution in [0.5, 0.6) is 0 Å². The third-order valence-corrected chi connectivity index (χ3v) is 6.23. The van der Waals surface area contributed by atoms with Gasteiger partial charge in [-0.05, 0) is 41.8 Å². The summed E-state index contributed by atoms with van der Waals surface area (Å²) in [5.74, 6) is -0.423. The van der Waals surface area contributed by atoms with Gasteiger partial charge >= 0.3 is 0 Å². The van der Waals surface area contributed by atoms with E-state index in [4.69, 9.17) is 0 Å². The number of benzene rings is 1. The second-order valence-corrected chi connectivity index (χ2v) is 7.83. The molecule has 1 aromatic heterocycles. The van der Waals surface area contributed by atoms with Crippen LogP contribution >= 0.6 is 0 Å². The lowest BCUT2D eigenvalue weighted by molar-refractivity contribution is -0.970. The van der Waals surface area contributed by atoms with Crippen molar-refractivity contribution in [3.8, 4) is 5.69 Å². The summed E-state index contributed by atoms with van der Waals surface area (Å²) < 4.78 is 1.75. The molecule has 0 bridgehead atoms. The first-order valence-corrected chi connectivity index (χ1v) is 9.63. The Hall–Kier alpha value is -2.32. The van der Waals surface area contributed by atoms with Crippen molar-refractivity contribution in [2.24, 2.45) is 0 Å². The number of aryl methyl sites for hydroxylation is 1. The molecule has 1 aliphatic heterocycles. The quantitative estimate of drug-likeness (QED) is 0.706. The number of aromatic nitrogens is 4. The molecule has 1 aliphatic carbocycles. The average molecular weight is 371 g/mol. The van der Waals surface area contributed by atoms with Crippen molar-refractivity contribution in [1.82, 2.24) is 20.2 Å². The van der Waals surface area contributed by atoms with Crippen LogP contribution in [0.2, 0.25) is 0 Å². The molecule has 0 amide bonds. The molecule has 4 rings (SSSR count). The van der Waals surface area contributed by atoms with Crippen LogP contribution in [-0.2, 0) is 10.3 Å². The molecule has 2 fully saturated rings. The number of nitrogens with zero attached hydrogens (tertiary/aromatic N) is 4. The number of aliphatic hydroxyl groups is 1. The summed E-state index contributed by atoms with van der Waals surface area (Å²) in [5.41, 5.74) is 1.41. The van der Waals surface area contributed by atoms with E-state index in [2.05, 4.69) is 15.5 Å². The summed E-state index contributed by atoms with van der Waals surface area (Å²) in [4.78, 5) is 12.7. The van der Waals surface area contributed by atoms with E-state index in [-0.39, 0.29) is 6.42 Å². The lowest BCUT2D eigenvalue weighted by Crippen LogP contribution is -3.22. The molecule has 3 atom stereocenters. The van der Waals surface area contributed by atoms with Crippen LogP contribution in [0, 0.1) is 6.92 Å². The van der Waals surface area contributed by atoms with Crippen LogP contribution in [0.3, 0.4) is 0 Å². The minimum absolute atomic E-state index is 0.214. The lowest BCUT2D eigenvalue weighted by atomic mass is 9.79. The molecule has 1 aromatic carbocycles. The number of aliphatic carboxylic acids is 1. The van der Waals surface area contributed by atoms with Crippen molar-refractivity contribution >= 4 is 5.97 Å². The number of rotatable bonds is 4. The maximum absolute atomic E-state index is 11.8. The van der Waals surface area contributed by atoms with Crippen LogP contribution in [0.1, 0.15) is 49.9 Å². The van der Waals surface area contributed by atoms with Gasteiger partial charge in [0.2, 0.25) is 5.82 Å². The zero-order valence-corrected chi connectivity index (χ0v) is 15.5.